The number of nitriles is 2. The van der Waals surface area contributed by atoms with E-state index in [4.69, 9.17) is 7.85 Å². The molecular formula is C26H10BN3S2. The molecule has 0 saturated heterocycles. The second kappa shape index (κ2) is 6.11. The Morgan fingerprint density at radius 3 is 2.50 bits per heavy atom. The number of fused-ring (bicyclic) bond motifs is 8. The summed E-state index contributed by atoms with van der Waals surface area (Å²) in [5.74, 6) is 0. The van der Waals surface area contributed by atoms with Crippen molar-refractivity contribution in [3.05, 3.63) is 71.1 Å². The van der Waals surface area contributed by atoms with Gasteiger partial charge in [-0.2, -0.15) is 10.5 Å². The number of benzene rings is 3. The quantitative estimate of drug-likeness (QED) is 0.201. The Labute approximate surface area is 191 Å². The highest BCUT2D eigenvalue weighted by molar-refractivity contribution is 7.32. The third-order valence-electron chi connectivity index (χ3n) is 6.32. The largest absolute Gasteiger partial charge is 0.299 e. The first-order valence-electron chi connectivity index (χ1n) is 10.0. The van der Waals surface area contributed by atoms with Crippen LogP contribution in [0.1, 0.15) is 5.56 Å². The number of thiophene rings is 2. The minimum Gasteiger partial charge on any atom is -0.299 e. The molecule has 0 bridgehead atoms. The summed E-state index contributed by atoms with van der Waals surface area (Å²) in [5, 5.41) is 28.0. The average Bonchev–Trinajstić information content (AvgIpc) is 3.49. The van der Waals surface area contributed by atoms with Crippen molar-refractivity contribution < 1.29 is 0 Å². The first-order chi connectivity index (χ1) is 15.7. The molecule has 0 aliphatic heterocycles. The van der Waals surface area contributed by atoms with Crippen molar-refractivity contribution in [1.29, 1.82) is 10.5 Å². The van der Waals surface area contributed by atoms with Crippen LogP contribution in [0.2, 0.25) is 0 Å². The van der Waals surface area contributed by atoms with Gasteiger partial charge in [0.25, 0.3) is 0 Å². The van der Waals surface area contributed by atoms with E-state index < -0.39 is 0 Å². The summed E-state index contributed by atoms with van der Waals surface area (Å²) in [4.78, 5) is 1.16. The number of allylic oxidation sites excluding steroid dienone is 1. The van der Waals surface area contributed by atoms with Crippen LogP contribution in [-0.2, 0) is 0 Å². The van der Waals surface area contributed by atoms with Crippen molar-refractivity contribution in [3.63, 3.8) is 0 Å². The number of pyridine rings is 1. The van der Waals surface area contributed by atoms with E-state index in [1.165, 1.54) is 43.4 Å². The average molecular weight is 439 g/mol. The van der Waals surface area contributed by atoms with Crippen LogP contribution >= 0.6 is 22.7 Å². The lowest BCUT2D eigenvalue weighted by Gasteiger charge is -2.10. The van der Waals surface area contributed by atoms with Gasteiger partial charge in [0.15, 0.2) is 0 Å². The molecule has 0 atom stereocenters. The number of hydrogen-bond donors (Lipinski definition) is 0. The lowest BCUT2D eigenvalue weighted by Crippen LogP contribution is -1.89. The molecular weight excluding hydrogens is 429 g/mol. The molecule has 3 aromatic carbocycles. The van der Waals surface area contributed by atoms with Crippen LogP contribution < -0.4 is 0 Å². The van der Waals surface area contributed by atoms with Gasteiger partial charge in [-0.15, -0.1) is 22.7 Å². The Hall–Kier alpha value is -3.84. The molecule has 0 aliphatic rings. The Balaban J connectivity index is 1.81. The Morgan fingerprint density at radius 2 is 1.66 bits per heavy atom. The van der Waals surface area contributed by atoms with Gasteiger partial charge in [0, 0.05) is 21.5 Å². The zero-order chi connectivity index (χ0) is 21.6. The smallest absolute Gasteiger partial charge is 0.123 e. The van der Waals surface area contributed by atoms with E-state index in [-0.39, 0.29) is 11.0 Å². The maximum absolute atomic E-state index is 9.33. The molecule has 3 nitrogen and oxygen atoms in total. The van der Waals surface area contributed by atoms with E-state index in [2.05, 4.69) is 59.0 Å². The fraction of sp³-hybridized carbons (Fsp3) is 0. The maximum Gasteiger partial charge on any atom is 0.123 e. The third-order valence-corrected chi connectivity index (χ3v) is 8.65. The standard InChI is InChI=1S/C26H10BN3S2/c27-22(14(10-28)11-29)18-12-31-25-21-17-6-3-4-13-8-9-16-15-5-1-2-7-19(15)30(23(16)20(13)17)26(21)32-24(18)25/h1-9,12H. The van der Waals surface area contributed by atoms with Gasteiger partial charge in [0.2, 0.25) is 0 Å². The molecule has 0 fully saturated rings. The summed E-state index contributed by atoms with van der Waals surface area (Å²) >= 11 is 3.30. The van der Waals surface area contributed by atoms with Crippen LogP contribution in [0.25, 0.3) is 63.1 Å². The molecule has 7 aromatic rings. The van der Waals surface area contributed by atoms with Crippen molar-refractivity contribution in [3.8, 4) is 12.1 Å². The predicted octanol–water partition coefficient (Wildman–Crippen LogP) is 7.19. The highest BCUT2D eigenvalue weighted by Gasteiger charge is 2.23. The van der Waals surface area contributed by atoms with E-state index >= 15 is 0 Å². The van der Waals surface area contributed by atoms with E-state index in [9.17, 15) is 10.5 Å². The number of aromatic nitrogens is 1. The van der Waals surface area contributed by atoms with Gasteiger partial charge in [-0.05, 0) is 27.8 Å². The van der Waals surface area contributed by atoms with Crippen LogP contribution in [-0.4, -0.2) is 12.2 Å². The maximum atomic E-state index is 9.33. The van der Waals surface area contributed by atoms with Crippen molar-refractivity contribution in [2.45, 2.75) is 0 Å². The Kier molecular flexibility index (Phi) is 3.40. The monoisotopic (exact) mass is 439 g/mol. The molecule has 32 heavy (non-hydrogen) atoms. The molecule has 144 valence electrons. The molecule has 0 aliphatic carbocycles. The third kappa shape index (κ3) is 1.99. The van der Waals surface area contributed by atoms with Gasteiger partial charge in [-0.1, -0.05) is 54.0 Å². The molecule has 4 aromatic heterocycles. The highest BCUT2D eigenvalue weighted by Crippen LogP contribution is 2.49. The minimum atomic E-state index is -0.0461. The molecule has 7 rings (SSSR count). The summed E-state index contributed by atoms with van der Waals surface area (Å²) in [6.07, 6.45) is 0. The van der Waals surface area contributed by atoms with E-state index in [0.717, 1.165) is 19.8 Å². The topological polar surface area (TPSA) is 52.0 Å². The summed E-state index contributed by atoms with van der Waals surface area (Å²) in [5.41, 5.74) is 3.39. The second-order valence-electron chi connectivity index (χ2n) is 7.82. The summed E-state index contributed by atoms with van der Waals surface area (Å²) in [6, 6.07) is 23.3. The van der Waals surface area contributed by atoms with Crippen molar-refractivity contribution in [2.75, 3.05) is 0 Å². The molecule has 0 saturated carbocycles. The molecule has 4 heterocycles. The first-order valence-corrected chi connectivity index (χ1v) is 11.7. The van der Waals surface area contributed by atoms with Gasteiger partial charge < -0.3 is 0 Å². The molecule has 2 radical (unpaired) electrons. The molecule has 6 heteroatoms. The van der Waals surface area contributed by atoms with Crippen LogP contribution in [0.15, 0.2) is 65.6 Å². The normalized spacial score (nSPS) is 11.8. The zero-order valence-electron chi connectivity index (χ0n) is 16.5. The zero-order valence-corrected chi connectivity index (χ0v) is 18.1. The van der Waals surface area contributed by atoms with Gasteiger partial charge >= 0.3 is 0 Å². The second-order valence-corrected chi connectivity index (χ2v) is 9.70. The summed E-state index contributed by atoms with van der Waals surface area (Å²) in [6.45, 7) is 0. The Morgan fingerprint density at radius 1 is 0.844 bits per heavy atom. The van der Waals surface area contributed by atoms with Gasteiger partial charge in [-0.25, -0.2) is 0 Å². The summed E-state index contributed by atoms with van der Waals surface area (Å²) in [7, 11) is 6.28. The van der Waals surface area contributed by atoms with Crippen LogP contribution in [0.5, 0.6) is 0 Å². The number of para-hydroxylation sites is 1. The van der Waals surface area contributed by atoms with Crippen molar-refractivity contribution in [1.82, 2.24) is 4.40 Å². The van der Waals surface area contributed by atoms with Gasteiger partial charge in [0.1, 0.15) is 30.4 Å². The number of rotatable bonds is 1. The highest BCUT2D eigenvalue weighted by atomic mass is 32.1. The van der Waals surface area contributed by atoms with Gasteiger partial charge in [-0.3, -0.25) is 4.40 Å². The number of hydrogen-bond acceptors (Lipinski definition) is 4. The fourth-order valence-electron chi connectivity index (χ4n) is 4.97. The SMILES string of the molecule is [B]C(=C(C#N)C#N)c1csc2c1sc1c2c2cccc3ccc4c5ccccc5n1c4c32. The number of nitrogens with zero attached hydrogens (tertiary/aromatic N) is 3. The Bertz CT molecular complexity index is 2010. The molecule has 0 spiro atoms. The lowest BCUT2D eigenvalue weighted by atomic mass is 9.86. The minimum absolute atomic E-state index is 0.0461. The predicted molar refractivity (Wildman–Crippen MR) is 136 cm³/mol. The van der Waals surface area contributed by atoms with Gasteiger partial charge in [0.05, 0.1) is 20.4 Å². The van der Waals surface area contributed by atoms with Crippen molar-refractivity contribution in [2.24, 2.45) is 0 Å². The molecule has 0 unspecified atom stereocenters. The van der Waals surface area contributed by atoms with E-state index in [1.807, 2.05) is 17.5 Å². The first kappa shape index (κ1) is 17.8. The van der Waals surface area contributed by atoms with Crippen LogP contribution in [0.4, 0.5) is 0 Å². The fourth-order valence-corrected chi connectivity index (χ4v) is 7.66. The van der Waals surface area contributed by atoms with E-state index in [1.54, 1.807) is 22.7 Å². The van der Waals surface area contributed by atoms with E-state index in [0.29, 0.717) is 0 Å². The lowest BCUT2D eigenvalue weighted by molar-refractivity contribution is 1.38. The molecule has 0 amide bonds. The van der Waals surface area contributed by atoms with Crippen LogP contribution in [0.3, 0.4) is 0 Å². The summed E-state index contributed by atoms with van der Waals surface area (Å²) < 4.78 is 4.55. The van der Waals surface area contributed by atoms with Crippen molar-refractivity contribution >= 4 is 93.6 Å². The van der Waals surface area contributed by atoms with Crippen LogP contribution in [0, 0.1) is 22.7 Å². The molecule has 0 N–H and O–H groups in total.